The number of hydrogen-bond acceptors (Lipinski definition) is 5. The molecule has 0 unspecified atom stereocenters. The van der Waals surface area contributed by atoms with Gasteiger partial charge in [-0.1, -0.05) is 12.1 Å². The molecule has 0 aliphatic heterocycles. The second kappa shape index (κ2) is 7.86. The Morgan fingerprint density at radius 1 is 1.07 bits per heavy atom. The molecular weight excluding hydrogens is 389 g/mol. The summed E-state index contributed by atoms with van der Waals surface area (Å²) in [5.74, 6) is 1.37. The van der Waals surface area contributed by atoms with E-state index >= 15 is 0 Å². The first-order valence-corrected chi connectivity index (χ1v) is 11.6. The van der Waals surface area contributed by atoms with Crippen molar-refractivity contribution in [3.63, 3.8) is 0 Å². The lowest BCUT2D eigenvalue weighted by Gasteiger charge is -2.29. The zero-order valence-corrected chi connectivity index (χ0v) is 17.5. The predicted molar refractivity (Wildman–Crippen MR) is 113 cm³/mol. The summed E-state index contributed by atoms with van der Waals surface area (Å²) in [6, 6.07) is 8.44. The van der Waals surface area contributed by atoms with Crippen molar-refractivity contribution in [3.8, 4) is 5.69 Å². The fourth-order valence-electron chi connectivity index (χ4n) is 4.26. The molecule has 0 amide bonds. The summed E-state index contributed by atoms with van der Waals surface area (Å²) >= 11 is 0. The molecule has 4 rings (SSSR count). The van der Waals surface area contributed by atoms with Crippen molar-refractivity contribution in [2.75, 3.05) is 25.2 Å². The molecule has 1 aliphatic rings. The maximum Gasteiger partial charge on any atom is 0.325 e. The van der Waals surface area contributed by atoms with Crippen molar-refractivity contribution >= 4 is 24.6 Å². The highest BCUT2D eigenvalue weighted by Gasteiger charge is 2.27. The van der Waals surface area contributed by atoms with Gasteiger partial charge in [0.05, 0.1) is 6.16 Å². The molecule has 1 aromatic carbocycles. The molecule has 3 aromatic rings. The van der Waals surface area contributed by atoms with Crippen LogP contribution in [0.5, 0.6) is 0 Å². The van der Waals surface area contributed by atoms with Gasteiger partial charge in [0, 0.05) is 19.8 Å². The molecule has 8 nitrogen and oxygen atoms in total. The van der Waals surface area contributed by atoms with Crippen LogP contribution < -0.4 is 4.90 Å². The summed E-state index contributed by atoms with van der Waals surface area (Å²) in [5, 5.41) is 0. The minimum Gasteiger partial charge on any atom is -0.361 e. The summed E-state index contributed by atoms with van der Waals surface area (Å²) < 4.78 is 13.2. The number of benzene rings is 1. The predicted octanol–water partition coefficient (Wildman–Crippen LogP) is 3.33. The first kappa shape index (κ1) is 20.0. The first-order chi connectivity index (χ1) is 13.8. The Kier molecular flexibility index (Phi) is 5.42. The van der Waals surface area contributed by atoms with Gasteiger partial charge in [0.25, 0.3) is 0 Å². The SMILES string of the molecule is CN(C)c1ncnc2c1ncn2-c1ccc([C@H]2CC[C@H](CP(=O)(O)O)CC2)cc1. The summed E-state index contributed by atoms with van der Waals surface area (Å²) in [5.41, 5.74) is 3.81. The smallest absolute Gasteiger partial charge is 0.325 e. The number of fused-ring (bicyclic) bond motifs is 1. The van der Waals surface area contributed by atoms with Gasteiger partial charge in [-0.3, -0.25) is 9.13 Å². The lowest BCUT2D eigenvalue weighted by Crippen LogP contribution is -2.16. The fraction of sp³-hybridized carbons (Fsp3) is 0.450. The maximum absolute atomic E-state index is 11.2. The Hall–Kier alpha value is -2.28. The van der Waals surface area contributed by atoms with E-state index in [0.717, 1.165) is 48.4 Å². The average Bonchev–Trinajstić information content (AvgIpc) is 3.11. The second-order valence-electron chi connectivity index (χ2n) is 8.03. The lowest BCUT2D eigenvalue weighted by molar-refractivity contribution is 0.316. The van der Waals surface area contributed by atoms with E-state index in [0.29, 0.717) is 5.92 Å². The van der Waals surface area contributed by atoms with Gasteiger partial charge < -0.3 is 14.7 Å². The van der Waals surface area contributed by atoms with Crippen LogP contribution in [0.3, 0.4) is 0 Å². The van der Waals surface area contributed by atoms with Crippen LogP contribution in [-0.4, -0.2) is 49.6 Å². The Morgan fingerprint density at radius 2 is 1.76 bits per heavy atom. The molecule has 29 heavy (non-hydrogen) atoms. The van der Waals surface area contributed by atoms with Crippen molar-refractivity contribution in [2.45, 2.75) is 31.6 Å². The van der Waals surface area contributed by atoms with Crippen LogP contribution in [0.25, 0.3) is 16.9 Å². The zero-order valence-electron chi connectivity index (χ0n) is 16.6. The minimum atomic E-state index is -3.91. The van der Waals surface area contributed by atoms with E-state index in [1.54, 1.807) is 12.7 Å². The standard InChI is InChI=1S/C20H26N5O3P/c1-24(2)19-18-20(22-12-21-19)25(13-23-18)17-9-7-16(8-10-17)15-5-3-14(4-6-15)11-29(26,27)28/h7-10,12-15H,3-6,11H2,1-2H3,(H2,26,27,28)/t14-,15-. The first-order valence-electron chi connectivity index (χ1n) is 9.82. The molecule has 0 radical (unpaired) electrons. The van der Waals surface area contributed by atoms with Gasteiger partial charge in [-0.15, -0.1) is 0 Å². The molecule has 1 saturated carbocycles. The highest BCUT2D eigenvalue weighted by Crippen LogP contribution is 2.44. The lowest BCUT2D eigenvalue weighted by atomic mass is 9.79. The Morgan fingerprint density at radius 3 is 2.38 bits per heavy atom. The summed E-state index contributed by atoms with van der Waals surface area (Å²) in [6.07, 6.45) is 7.02. The largest absolute Gasteiger partial charge is 0.361 e. The van der Waals surface area contributed by atoms with Gasteiger partial charge in [0.15, 0.2) is 17.0 Å². The molecule has 9 heteroatoms. The molecule has 2 N–H and O–H groups in total. The molecule has 0 saturated heterocycles. The van der Waals surface area contributed by atoms with E-state index < -0.39 is 7.60 Å². The van der Waals surface area contributed by atoms with Gasteiger partial charge in [0.1, 0.15) is 12.7 Å². The number of hydrogen-bond donors (Lipinski definition) is 2. The van der Waals surface area contributed by atoms with Crippen LogP contribution in [0.2, 0.25) is 0 Å². The number of rotatable bonds is 5. The van der Waals surface area contributed by atoms with E-state index in [-0.39, 0.29) is 12.1 Å². The van der Waals surface area contributed by atoms with Crippen molar-refractivity contribution in [2.24, 2.45) is 5.92 Å². The summed E-state index contributed by atoms with van der Waals surface area (Å²) in [4.78, 5) is 33.5. The number of aromatic nitrogens is 4. The van der Waals surface area contributed by atoms with Crippen molar-refractivity contribution in [1.82, 2.24) is 19.5 Å². The Labute approximate surface area is 169 Å². The molecule has 1 aliphatic carbocycles. The molecule has 2 heterocycles. The van der Waals surface area contributed by atoms with Crippen molar-refractivity contribution < 1.29 is 14.4 Å². The monoisotopic (exact) mass is 415 g/mol. The van der Waals surface area contributed by atoms with Crippen LogP contribution in [0, 0.1) is 5.92 Å². The van der Waals surface area contributed by atoms with Crippen molar-refractivity contribution in [1.29, 1.82) is 0 Å². The topological polar surface area (TPSA) is 104 Å². The van der Waals surface area contributed by atoms with Gasteiger partial charge in [-0.2, -0.15) is 0 Å². The van der Waals surface area contributed by atoms with E-state index in [2.05, 4.69) is 39.2 Å². The van der Waals surface area contributed by atoms with E-state index in [1.165, 1.54) is 5.56 Å². The van der Waals surface area contributed by atoms with Crippen LogP contribution in [0.1, 0.15) is 37.2 Å². The third-order valence-corrected chi connectivity index (χ3v) is 6.72. The zero-order chi connectivity index (χ0) is 20.6. The summed E-state index contributed by atoms with van der Waals surface area (Å²) in [6.45, 7) is 0. The number of anilines is 1. The Balaban J connectivity index is 1.50. The molecule has 0 spiro atoms. The van der Waals surface area contributed by atoms with Gasteiger partial charge in [0.2, 0.25) is 0 Å². The van der Waals surface area contributed by atoms with Crippen LogP contribution in [-0.2, 0) is 4.57 Å². The highest BCUT2D eigenvalue weighted by molar-refractivity contribution is 7.51. The second-order valence-corrected chi connectivity index (χ2v) is 9.73. The van der Waals surface area contributed by atoms with Crippen molar-refractivity contribution in [3.05, 3.63) is 42.5 Å². The molecular formula is C20H26N5O3P. The maximum atomic E-state index is 11.2. The third-order valence-electron chi connectivity index (χ3n) is 5.72. The molecule has 2 aromatic heterocycles. The molecule has 1 fully saturated rings. The highest BCUT2D eigenvalue weighted by atomic mass is 31.2. The number of imidazole rings is 1. The third kappa shape index (κ3) is 4.34. The fourth-order valence-corrected chi connectivity index (χ4v) is 5.30. The Bertz CT molecular complexity index is 1040. The normalized spacial score (nSPS) is 20.1. The average molecular weight is 415 g/mol. The molecule has 0 atom stereocenters. The van der Waals surface area contributed by atoms with E-state index in [4.69, 9.17) is 0 Å². The van der Waals surface area contributed by atoms with Gasteiger partial charge >= 0.3 is 7.60 Å². The van der Waals surface area contributed by atoms with Gasteiger partial charge in [-0.05, 0) is 55.2 Å². The number of nitrogens with zero attached hydrogens (tertiary/aromatic N) is 5. The quantitative estimate of drug-likeness (QED) is 0.616. The van der Waals surface area contributed by atoms with Crippen LogP contribution in [0.4, 0.5) is 5.82 Å². The minimum absolute atomic E-state index is 0.0170. The summed E-state index contributed by atoms with van der Waals surface area (Å²) in [7, 11) is -0.0432. The van der Waals surface area contributed by atoms with Gasteiger partial charge in [-0.25, -0.2) is 15.0 Å². The van der Waals surface area contributed by atoms with Crippen LogP contribution >= 0.6 is 7.60 Å². The molecule has 0 bridgehead atoms. The van der Waals surface area contributed by atoms with Crippen LogP contribution in [0.15, 0.2) is 36.9 Å². The van der Waals surface area contributed by atoms with E-state index in [1.807, 2.05) is 23.6 Å². The van der Waals surface area contributed by atoms with E-state index in [9.17, 15) is 14.4 Å². The molecule has 154 valence electrons.